The van der Waals surface area contributed by atoms with E-state index in [4.69, 9.17) is 14.2 Å². The zero-order valence-corrected chi connectivity index (χ0v) is 14.5. The molecule has 0 saturated carbocycles. The zero-order valence-electron chi connectivity index (χ0n) is 14.5. The summed E-state index contributed by atoms with van der Waals surface area (Å²) in [4.78, 5) is 27.5. The maximum absolute atomic E-state index is 12.7. The van der Waals surface area contributed by atoms with Crippen LogP contribution in [0.25, 0.3) is 0 Å². The molecule has 3 saturated heterocycles. The first kappa shape index (κ1) is 16.1. The van der Waals surface area contributed by atoms with Gasteiger partial charge in [-0.3, -0.25) is 9.69 Å². The van der Waals surface area contributed by atoms with E-state index in [0.29, 0.717) is 6.42 Å². The summed E-state index contributed by atoms with van der Waals surface area (Å²) in [5.74, 6) is -0.584. The molecule has 132 valence electrons. The number of carbonyl (C=O) groups excluding carboxylic acids is 2. The molecule has 0 unspecified atom stereocenters. The second-order valence-electron chi connectivity index (χ2n) is 8.05. The molecule has 4 heterocycles. The predicted molar refractivity (Wildman–Crippen MR) is 85.2 cm³/mol. The molecular formula is C18H25NO5. The second kappa shape index (κ2) is 5.30. The Morgan fingerprint density at radius 3 is 2.88 bits per heavy atom. The van der Waals surface area contributed by atoms with Crippen molar-refractivity contribution in [2.45, 2.75) is 63.4 Å². The van der Waals surface area contributed by atoms with Gasteiger partial charge in [-0.2, -0.15) is 0 Å². The van der Waals surface area contributed by atoms with Crippen LogP contribution in [0.5, 0.6) is 0 Å². The van der Waals surface area contributed by atoms with Gasteiger partial charge in [-0.25, -0.2) is 4.79 Å². The Hall–Kier alpha value is -1.40. The molecule has 0 amide bonds. The third-order valence-electron chi connectivity index (χ3n) is 6.13. The highest BCUT2D eigenvalue weighted by Crippen LogP contribution is 2.45. The molecule has 5 atom stereocenters. The number of carbonyl (C=O) groups is 2. The average Bonchev–Trinajstić information content (AvgIpc) is 3.11. The fourth-order valence-corrected chi connectivity index (χ4v) is 4.78. The standard InChI is InChI=1S/C18H25NO5/c1-11-8-17(2)9-14(20)23-13-5-7-19-6-4-12(15(13)19)10-22-16(21)18(11,3)24-17/h4,11,13,15H,5-10H2,1-3H3/t11-,13-,15-,17+,18-/m1/s1. The Labute approximate surface area is 142 Å². The molecule has 4 aliphatic rings. The molecule has 6 nitrogen and oxygen atoms in total. The molecular weight excluding hydrogens is 310 g/mol. The van der Waals surface area contributed by atoms with Crippen molar-refractivity contribution in [1.29, 1.82) is 0 Å². The number of nitrogens with zero attached hydrogens (tertiary/aromatic N) is 1. The molecule has 0 aromatic rings. The summed E-state index contributed by atoms with van der Waals surface area (Å²) in [7, 11) is 0. The van der Waals surface area contributed by atoms with Crippen molar-refractivity contribution >= 4 is 11.9 Å². The van der Waals surface area contributed by atoms with Crippen molar-refractivity contribution in [2.75, 3.05) is 19.7 Å². The van der Waals surface area contributed by atoms with Crippen LogP contribution in [-0.2, 0) is 23.8 Å². The van der Waals surface area contributed by atoms with Gasteiger partial charge in [-0.1, -0.05) is 13.0 Å². The van der Waals surface area contributed by atoms with Crippen LogP contribution in [0.15, 0.2) is 11.6 Å². The lowest BCUT2D eigenvalue weighted by Gasteiger charge is -2.32. The fraction of sp³-hybridized carbons (Fsp3) is 0.778. The number of rotatable bonds is 0. The van der Waals surface area contributed by atoms with E-state index < -0.39 is 11.2 Å². The van der Waals surface area contributed by atoms with Crippen LogP contribution < -0.4 is 0 Å². The van der Waals surface area contributed by atoms with Crippen molar-refractivity contribution in [3.8, 4) is 0 Å². The van der Waals surface area contributed by atoms with Gasteiger partial charge in [-0.15, -0.1) is 0 Å². The van der Waals surface area contributed by atoms with Crippen LogP contribution in [0.1, 0.15) is 40.0 Å². The number of hydrogen-bond donors (Lipinski definition) is 0. The topological polar surface area (TPSA) is 65.1 Å². The number of hydrogen-bond acceptors (Lipinski definition) is 6. The monoisotopic (exact) mass is 335 g/mol. The molecule has 3 fully saturated rings. The van der Waals surface area contributed by atoms with Crippen molar-refractivity contribution in [3.63, 3.8) is 0 Å². The Bertz CT molecular complexity index is 617. The van der Waals surface area contributed by atoms with E-state index in [9.17, 15) is 9.59 Å². The molecule has 0 N–H and O–H groups in total. The van der Waals surface area contributed by atoms with Gasteiger partial charge < -0.3 is 14.2 Å². The van der Waals surface area contributed by atoms with E-state index in [1.54, 1.807) is 6.92 Å². The van der Waals surface area contributed by atoms with Crippen molar-refractivity contribution in [3.05, 3.63) is 11.6 Å². The third-order valence-corrected chi connectivity index (χ3v) is 6.13. The van der Waals surface area contributed by atoms with E-state index in [0.717, 1.165) is 25.1 Å². The summed E-state index contributed by atoms with van der Waals surface area (Å²) in [6.07, 6.45) is 3.57. The summed E-state index contributed by atoms with van der Waals surface area (Å²) < 4.78 is 17.5. The summed E-state index contributed by atoms with van der Waals surface area (Å²) >= 11 is 0. The number of cyclic esters (lactones) is 1. The summed E-state index contributed by atoms with van der Waals surface area (Å²) in [6, 6.07) is 0.0535. The van der Waals surface area contributed by atoms with Crippen LogP contribution in [0.4, 0.5) is 0 Å². The van der Waals surface area contributed by atoms with Crippen LogP contribution in [0.3, 0.4) is 0 Å². The molecule has 6 heteroatoms. The first-order valence-corrected chi connectivity index (χ1v) is 8.81. The van der Waals surface area contributed by atoms with Crippen LogP contribution in [0.2, 0.25) is 0 Å². The van der Waals surface area contributed by atoms with Crippen molar-refractivity contribution in [2.24, 2.45) is 5.92 Å². The van der Waals surface area contributed by atoms with Crippen molar-refractivity contribution < 1.29 is 23.8 Å². The highest BCUT2D eigenvalue weighted by Gasteiger charge is 2.56. The van der Waals surface area contributed by atoms with Crippen LogP contribution in [0, 0.1) is 5.92 Å². The lowest BCUT2D eigenvalue weighted by atomic mass is 9.86. The lowest BCUT2D eigenvalue weighted by Crippen LogP contribution is -2.45. The van der Waals surface area contributed by atoms with Gasteiger partial charge in [0.15, 0.2) is 5.60 Å². The fourth-order valence-electron chi connectivity index (χ4n) is 4.78. The van der Waals surface area contributed by atoms with E-state index in [1.165, 1.54) is 0 Å². The normalized spacial score (nSPS) is 45.8. The predicted octanol–water partition coefficient (Wildman–Crippen LogP) is 1.43. The quantitative estimate of drug-likeness (QED) is 0.493. The summed E-state index contributed by atoms with van der Waals surface area (Å²) in [6.45, 7) is 7.61. The van der Waals surface area contributed by atoms with Gasteiger partial charge in [0.25, 0.3) is 0 Å². The average molecular weight is 335 g/mol. The maximum atomic E-state index is 12.7. The van der Waals surface area contributed by atoms with Gasteiger partial charge in [-0.05, 0) is 38.2 Å². The highest BCUT2D eigenvalue weighted by atomic mass is 16.6. The molecule has 0 spiro atoms. The molecule has 4 rings (SSSR count). The van der Waals surface area contributed by atoms with Gasteiger partial charge >= 0.3 is 11.9 Å². The van der Waals surface area contributed by atoms with Gasteiger partial charge in [0.2, 0.25) is 0 Å². The van der Waals surface area contributed by atoms with Gasteiger partial charge in [0.05, 0.1) is 18.1 Å². The van der Waals surface area contributed by atoms with Gasteiger partial charge in [0.1, 0.15) is 12.7 Å². The smallest absolute Gasteiger partial charge is 0.338 e. The molecule has 4 aliphatic heterocycles. The zero-order chi connectivity index (χ0) is 17.1. The van der Waals surface area contributed by atoms with E-state index in [2.05, 4.69) is 11.0 Å². The first-order valence-electron chi connectivity index (χ1n) is 8.81. The molecule has 0 aliphatic carbocycles. The molecule has 0 radical (unpaired) electrons. The minimum absolute atomic E-state index is 0.0166. The summed E-state index contributed by atoms with van der Waals surface area (Å²) in [5, 5.41) is 0. The first-order chi connectivity index (χ1) is 11.3. The second-order valence-corrected chi connectivity index (χ2v) is 8.05. The van der Waals surface area contributed by atoms with Crippen LogP contribution in [-0.4, -0.2) is 59.9 Å². The molecule has 2 bridgehead atoms. The SMILES string of the molecule is C[C@@H]1C[C@@]2(C)CC(=O)O[C@@H]3CCN4CC=C(COC(=O)[C@]1(C)O2)[C@H]34. The Kier molecular flexibility index (Phi) is 3.55. The molecule has 24 heavy (non-hydrogen) atoms. The highest BCUT2D eigenvalue weighted by molar-refractivity contribution is 5.80. The summed E-state index contributed by atoms with van der Waals surface area (Å²) in [5.41, 5.74) is -0.658. The maximum Gasteiger partial charge on any atom is 0.338 e. The Balaban J connectivity index is 1.65. The van der Waals surface area contributed by atoms with Crippen molar-refractivity contribution in [1.82, 2.24) is 4.90 Å². The number of esters is 2. The largest absolute Gasteiger partial charge is 0.460 e. The Morgan fingerprint density at radius 1 is 1.29 bits per heavy atom. The van der Waals surface area contributed by atoms with E-state index in [1.807, 2.05) is 13.8 Å². The minimum atomic E-state index is -1.01. The minimum Gasteiger partial charge on any atom is -0.460 e. The van der Waals surface area contributed by atoms with E-state index >= 15 is 0 Å². The third kappa shape index (κ3) is 2.39. The lowest BCUT2D eigenvalue weighted by molar-refractivity contribution is -0.184. The van der Waals surface area contributed by atoms with Gasteiger partial charge in [0, 0.05) is 13.1 Å². The molecule has 0 aromatic heterocycles. The number of fused-ring (bicyclic) bond motifs is 2. The molecule has 0 aromatic carbocycles. The van der Waals surface area contributed by atoms with Crippen LogP contribution >= 0.6 is 0 Å². The number of ether oxygens (including phenoxy) is 3. The van der Waals surface area contributed by atoms with E-state index in [-0.39, 0.29) is 43.0 Å². The Morgan fingerprint density at radius 2 is 2.08 bits per heavy atom.